The Bertz CT molecular complexity index is 2110. The first-order chi connectivity index (χ1) is 23.7. The van der Waals surface area contributed by atoms with E-state index in [2.05, 4.69) is 208 Å². The molecule has 0 N–H and O–H groups in total. The quantitative estimate of drug-likeness (QED) is 0.118. The van der Waals surface area contributed by atoms with Crippen molar-refractivity contribution in [1.82, 2.24) is 0 Å². The molecule has 7 rings (SSSR count). The van der Waals surface area contributed by atoms with E-state index < -0.39 is 0 Å². The summed E-state index contributed by atoms with van der Waals surface area (Å²) >= 11 is 0. The molecule has 0 aliphatic carbocycles. The van der Waals surface area contributed by atoms with E-state index in [0.717, 1.165) is 0 Å². The zero-order valence-electron chi connectivity index (χ0n) is 27.5. The van der Waals surface area contributed by atoms with E-state index in [9.17, 15) is 0 Å². The number of allylic oxidation sites excluding steroid dienone is 2. The Hall–Kier alpha value is -5.98. The zero-order valence-corrected chi connectivity index (χ0v) is 27.5. The lowest BCUT2D eigenvalue weighted by molar-refractivity contribution is 1.56. The summed E-state index contributed by atoms with van der Waals surface area (Å²) in [5.41, 5.74) is 12.2. The normalized spacial score (nSPS) is 12.5. The summed E-state index contributed by atoms with van der Waals surface area (Å²) in [5, 5.41) is 4.98. The van der Waals surface area contributed by atoms with Crippen molar-refractivity contribution in [3.8, 4) is 0 Å². The summed E-state index contributed by atoms with van der Waals surface area (Å²) in [7, 11) is 0. The molecule has 0 unspecified atom stereocenters. The maximum atomic E-state index is 2.30. The van der Waals surface area contributed by atoms with Crippen LogP contribution < -0.4 is 0 Å². The van der Waals surface area contributed by atoms with Crippen molar-refractivity contribution < 1.29 is 0 Å². The Morgan fingerprint density at radius 2 is 0.604 bits per heavy atom. The molecule has 0 radical (unpaired) electrons. The highest BCUT2D eigenvalue weighted by Crippen LogP contribution is 2.36. The first-order valence-corrected chi connectivity index (χ1v) is 16.6. The van der Waals surface area contributed by atoms with Gasteiger partial charge in [-0.05, 0) is 91.0 Å². The summed E-state index contributed by atoms with van der Waals surface area (Å²) in [5.74, 6) is 0. The van der Waals surface area contributed by atoms with Crippen LogP contribution in [0, 0.1) is 0 Å². The third kappa shape index (κ3) is 6.61. The Kier molecular flexibility index (Phi) is 9.07. The van der Waals surface area contributed by atoms with Gasteiger partial charge in [-0.15, -0.1) is 0 Å². The molecule has 0 aliphatic heterocycles. The van der Waals surface area contributed by atoms with Gasteiger partial charge in [0.25, 0.3) is 0 Å². The molecule has 7 aromatic carbocycles. The molecule has 230 valence electrons. The van der Waals surface area contributed by atoms with Gasteiger partial charge in [-0.1, -0.05) is 194 Å². The molecule has 0 aliphatic rings. The van der Waals surface area contributed by atoms with E-state index in [1.54, 1.807) is 0 Å². The number of hydrogen-bond acceptors (Lipinski definition) is 0. The van der Waals surface area contributed by atoms with Crippen molar-refractivity contribution in [3.63, 3.8) is 0 Å². The number of fused-ring (bicyclic) bond motifs is 2. The highest BCUT2D eigenvalue weighted by Gasteiger charge is 2.11. The first kappa shape index (κ1) is 30.7. The Morgan fingerprint density at radius 3 is 0.958 bits per heavy atom. The van der Waals surface area contributed by atoms with Crippen LogP contribution in [0.1, 0.15) is 58.4 Å². The predicted molar refractivity (Wildman–Crippen MR) is 212 cm³/mol. The molecule has 0 bridgehead atoms. The standard InChI is InChI=1S/C48H38/c1-35(37-17-5-3-6-18-37)33-41-23-11-9-21-39(41)29-31-47-43-25-13-15-27-45(43)48(46-28-16-14-26-44(46)47)32-30-40-22-10-12-24-42(40)34-36(2)38-19-7-4-8-20-38/h3-34H,1-2H3/b31-29?,32-30?,35-33-,36-34-. The molecule has 0 aromatic heterocycles. The molecule has 7 aromatic rings. The fourth-order valence-corrected chi connectivity index (χ4v) is 6.52. The largest absolute Gasteiger partial charge is 0.0622 e. The minimum atomic E-state index is 1.19. The molecule has 0 heteroatoms. The van der Waals surface area contributed by atoms with Gasteiger partial charge in [-0.3, -0.25) is 0 Å². The van der Waals surface area contributed by atoms with Crippen LogP contribution in [-0.4, -0.2) is 0 Å². The van der Waals surface area contributed by atoms with Gasteiger partial charge in [0.1, 0.15) is 0 Å². The van der Waals surface area contributed by atoms with E-state index in [-0.39, 0.29) is 0 Å². The number of benzene rings is 7. The predicted octanol–water partition coefficient (Wildman–Crippen LogP) is 13.5. The van der Waals surface area contributed by atoms with Crippen molar-refractivity contribution in [3.05, 3.63) is 202 Å². The lowest BCUT2D eigenvalue weighted by atomic mass is 9.90. The van der Waals surface area contributed by atoms with E-state index in [0.29, 0.717) is 0 Å². The Balaban J connectivity index is 1.31. The van der Waals surface area contributed by atoms with Crippen molar-refractivity contribution in [1.29, 1.82) is 0 Å². The van der Waals surface area contributed by atoms with Crippen LogP contribution >= 0.6 is 0 Å². The van der Waals surface area contributed by atoms with E-state index in [4.69, 9.17) is 0 Å². The average molecular weight is 615 g/mol. The maximum Gasteiger partial charge on any atom is -0.00987 e. The Morgan fingerprint density at radius 1 is 0.312 bits per heavy atom. The smallest absolute Gasteiger partial charge is 0.00987 e. The van der Waals surface area contributed by atoms with Gasteiger partial charge in [0, 0.05) is 0 Å². The summed E-state index contributed by atoms with van der Waals surface area (Å²) in [6, 6.07) is 56.0. The van der Waals surface area contributed by atoms with Crippen LogP contribution in [0.2, 0.25) is 0 Å². The SMILES string of the molecule is C/C(=C/c1ccccc1C=Cc1c2ccccc2c(C=Cc2ccccc2/C=C(/C)c2ccccc2)c2ccccc12)c1ccccc1. The molecule has 0 nitrogen and oxygen atoms in total. The molecule has 0 atom stereocenters. The monoisotopic (exact) mass is 614 g/mol. The van der Waals surface area contributed by atoms with Gasteiger partial charge >= 0.3 is 0 Å². The van der Waals surface area contributed by atoms with Crippen molar-refractivity contribution in [2.24, 2.45) is 0 Å². The van der Waals surface area contributed by atoms with Crippen LogP contribution in [-0.2, 0) is 0 Å². The van der Waals surface area contributed by atoms with Crippen LogP contribution in [0.3, 0.4) is 0 Å². The van der Waals surface area contributed by atoms with Gasteiger partial charge in [-0.25, -0.2) is 0 Å². The van der Waals surface area contributed by atoms with Crippen LogP contribution in [0.5, 0.6) is 0 Å². The van der Waals surface area contributed by atoms with E-state index in [1.165, 1.54) is 77.2 Å². The average Bonchev–Trinajstić information content (AvgIpc) is 3.14. The summed E-state index contributed by atoms with van der Waals surface area (Å²) in [6.07, 6.45) is 13.7. The lowest BCUT2D eigenvalue weighted by Gasteiger charge is -2.13. The van der Waals surface area contributed by atoms with Gasteiger partial charge in [-0.2, -0.15) is 0 Å². The maximum absolute atomic E-state index is 2.30. The number of hydrogen-bond donors (Lipinski definition) is 0. The molecule has 48 heavy (non-hydrogen) atoms. The topological polar surface area (TPSA) is 0 Å². The zero-order chi connectivity index (χ0) is 32.7. The van der Waals surface area contributed by atoms with Crippen molar-refractivity contribution >= 4 is 69.1 Å². The summed E-state index contributed by atoms with van der Waals surface area (Å²) < 4.78 is 0. The molecular weight excluding hydrogens is 577 g/mol. The summed E-state index contributed by atoms with van der Waals surface area (Å²) in [4.78, 5) is 0. The first-order valence-electron chi connectivity index (χ1n) is 16.6. The van der Waals surface area contributed by atoms with Crippen molar-refractivity contribution in [2.75, 3.05) is 0 Å². The number of rotatable bonds is 8. The fourth-order valence-electron chi connectivity index (χ4n) is 6.52. The second-order valence-corrected chi connectivity index (χ2v) is 12.2. The molecule has 0 fully saturated rings. The summed E-state index contributed by atoms with van der Waals surface area (Å²) in [6.45, 7) is 4.37. The third-order valence-electron chi connectivity index (χ3n) is 9.07. The molecule has 0 spiro atoms. The van der Waals surface area contributed by atoms with Gasteiger partial charge in [0.15, 0.2) is 0 Å². The van der Waals surface area contributed by atoms with Crippen LogP contribution in [0.15, 0.2) is 158 Å². The second kappa shape index (κ2) is 14.2. The molecule has 0 saturated heterocycles. The van der Waals surface area contributed by atoms with Crippen LogP contribution in [0.25, 0.3) is 69.1 Å². The molecule has 0 heterocycles. The molecular formula is C48H38. The van der Waals surface area contributed by atoms with Gasteiger partial charge in [0.2, 0.25) is 0 Å². The van der Waals surface area contributed by atoms with Gasteiger partial charge in [0.05, 0.1) is 0 Å². The highest BCUT2D eigenvalue weighted by atomic mass is 14.1. The third-order valence-corrected chi connectivity index (χ3v) is 9.07. The van der Waals surface area contributed by atoms with E-state index >= 15 is 0 Å². The van der Waals surface area contributed by atoms with Gasteiger partial charge < -0.3 is 0 Å². The minimum Gasteiger partial charge on any atom is -0.0622 e. The second-order valence-electron chi connectivity index (χ2n) is 12.2. The minimum absolute atomic E-state index is 1.19. The fraction of sp³-hybridized carbons (Fsp3) is 0.0417. The van der Waals surface area contributed by atoms with E-state index in [1.807, 2.05) is 0 Å². The lowest BCUT2D eigenvalue weighted by Crippen LogP contribution is -1.89. The van der Waals surface area contributed by atoms with Crippen molar-refractivity contribution in [2.45, 2.75) is 13.8 Å². The molecule has 0 saturated carbocycles. The Labute approximate surface area is 284 Å². The highest BCUT2D eigenvalue weighted by molar-refractivity contribution is 6.14. The molecule has 0 amide bonds. The van der Waals surface area contributed by atoms with Crippen LogP contribution in [0.4, 0.5) is 0 Å².